The summed E-state index contributed by atoms with van der Waals surface area (Å²) in [5.41, 5.74) is 0.396. The zero-order valence-corrected chi connectivity index (χ0v) is 16.0. The molecule has 1 aliphatic rings. The molecule has 3 rings (SSSR count). The van der Waals surface area contributed by atoms with Crippen LogP contribution in [0.25, 0.3) is 0 Å². The highest BCUT2D eigenvalue weighted by Gasteiger charge is 2.32. The Balaban J connectivity index is 1.75. The van der Waals surface area contributed by atoms with Gasteiger partial charge in [-0.15, -0.1) is 0 Å². The molecule has 1 N–H and O–H groups in total. The van der Waals surface area contributed by atoms with Crippen LogP contribution >= 0.6 is 0 Å². The average molecular weight is 403 g/mol. The summed E-state index contributed by atoms with van der Waals surface area (Å²) in [5, 5.41) is 14.6. The lowest BCUT2D eigenvalue weighted by atomic mass is 9.97. The molecule has 0 atom stereocenters. The molecule has 1 aromatic heterocycles. The van der Waals surface area contributed by atoms with Crippen molar-refractivity contribution in [2.24, 2.45) is 5.92 Å². The minimum atomic E-state index is -0.527. The summed E-state index contributed by atoms with van der Waals surface area (Å²) in [5.74, 6) is -0.558. The molecule has 2 heterocycles. The molecule has 154 valence electrons. The maximum atomic E-state index is 13.3. The number of nitro groups is 1. The van der Waals surface area contributed by atoms with Crippen LogP contribution in [0.2, 0.25) is 0 Å². The lowest BCUT2D eigenvalue weighted by molar-refractivity contribution is -0.383. The number of nitrogens with one attached hydrogen (secondary N) is 1. The Morgan fingerprint density at radius 3 is 2.79 bits per heavy atom. The van der Waals surface area contributed by atoms with E-state index in [9.17, 15) is 19.3 Å². The zero-order valence-electron chi connectivity index (χ0n) is 16.0. The second-order valence-electron chi connectivity index (χ2n) is 6.65. The molecule has 0 radical (unpaired) electrons. The van der Waals surface area contributed by atoms with Crippen molar-refractivity contribution < 1.29 is 18.8 Å². The van der Waals surface area contributed by atoms with E-state index in [1.165, 1.54) is 18.5 Å². The molecule has 0 saturated carbocycles. The lowest BCUT2D eigenvalue weighted by Gasteiger charge is -2.31. The first-order chi connectivity index (χ1) is 14.0. The van der Waals surface area contributed by atoms with Crippen LogP contribution in [-0.4, -0.2) is 40.6 Å². The van der Waals surface area contributed by atoms with Crippen molar-refractivity contribution in [2.45, 2.75) is 26.3 Å². The monoisotopic (exact) mass is 403 g/mol. The van der Waals surface area contributed by atoms with E-state index in [1.807, 2.05) is 0 Å². The van der Waals surface area contributed by atoms with Gasteiger partial charge in [-0.1, -0.05) is 12.1 Å². The van der Waals surface area contributed by atoms with E-state index in [1.54, 1.807) is 24.0 Å². The predicted octanol–water partition coefficient (Wildman–Crippen LogP) is 2.92. The average Bonchev–Trinajstić information content (AvgIpc) is 2.72. The van der Waals surface area contributed by atoms with Gasteiger partial charge in [-0.25, -0.2) is 14.4 Å². The van der Waals surface area contributed by atoms with Crippen molar-refractivity contribution >= 4 is 23.3 Å². The molecule has 1 aromatic carbocycles. The normalized spacial score (nSPS) is 14.5. The number of nitrogens with zero attached hydrogens (tertiary/aromatic N) is 4. The van der Waals surface area contributed by atoms with Crippen molar-refractivity contribution in [1.82, 2.24) is 9.97 Å². The molecule has 10 heteroatoms. The molecule has 0 bridgehead atoms. The first-order valence-corrected chi connectivity index (χ1v) is 9.39. The van der Waals surface area contributed by atoms with Gasteiger partial charge in [-0.2, -0.15) is 0 Å². The van der Waals surface area contributed by atoms with Gasteiger partial charge in [0.25, 0.3) is 0 Å². The highest BCUT2D eigenvalue weighted by atomic mass is 19.1. The van der Waals surface area contributed by atoms with E-state index >= 15 is 0 Å². The number of carbonyl (C=O) groups excluding carboxylic acids is 1. The largest absolute Gasteiger partial charge is 0.466 e. The van der Waals surface area contributed by atoms with Gasteiger partial charge in [0.2, 0.25) is 11.6 Å². The Hall–Kier alpha value is -3.30. The predicted molar refractivity (Wildman–Crippen MR) is 104 cm³/mol. The van der Waals surface area contributed by atoms with Gasteiger partial charge < -0.3 is 15.0 Å². The van der Waals surface area contributed by atoms with Crippen molar-refractivity contribution in [1.29, 1.82) is 0 Å². The van der Waals surface area contributed by atoms with Crippen LogP contribution < -0.4 is 10.2 Å². The minimum Gasteiger partial charge on any atom is -0.466 e. The van der Waals surface area contributed by atoms with E-state index in [0.29, 0.717) is 38.1 Å². The molecule has 0 amide bonds. The van der Waals surface area contributed by atoms with Crippen LogP contribution in [0, 0.1) is 21.8 Å². The standard InChI is InChI=1S/C19H22FN5O4/c1-2-29-19(26)14-6-8-24(9-7-14)18-16(25(27)28)17(22-12-23-18)21-11-13-4-3-5-15(20)10-13/h3-5,10,12,14H,2,6-9,11H2,1H3,(H,21,22,23). The maximum absolute atomic E-state index is 13.3. The first-order valence-electron chi connectivity index (χ1n) is 9.39. The number of halogens is 1. The molecule has 29 heavy (non-hydrogen) atoms. The molecule has 1 saturated heterocycles. The van der Waals surface area contributed by atoms with E-state index < -0.39 is 4.92 Å². The van der Waals surface area contributed by atoms with Crippen molar-refractivity contribution in [3.63, 3.8) is 0 Å². The number of hydrogen-bond donors (Lipinski definition) is 1. The van der Waals surface area contributed by atoms with Crippen LogP contribution in [0.3, 0.4) is 0 Å². The van der Waals surface area contributed by atoms with Crippen LogP contribution in [0.4, 0.5) is 21.7 Å². The van der Waals surface area contributed by atoms with Crippen LogP contribution in [-0.2, 0) is 16.1 Å². The number of anilines is 2. The Morgan fingerprint density at radius 2 is 2.14 bits per heavy atom. The molecule has 0 unspecified atom stereocenters. The topological polar surface area (TPSA) is 110 Å². The molecule has 0 aliphatic carbocycles. The molecule has 1 aliphatic heterocycles. The van der Waals surface area contributed by atoms with Gasteiger partial charge in [0.1, 0.15) is 12.1 Å². The number of aromatic nitrogens is 2. The molecular formula is C19H22FN5O4. The second kappa shape index (κ2) is 9.26. The van der Waals surface area contributed by atoms with Crippen molar-refractivity contribution in [3.8, 4) is 0 Å². The Kier molecular flexibility index (Phi) is 6.53. The molecular weight excluding hydrogens is 381 g/mol. The second-order valence-corrected chi connectivity index (χ2v) is 6.65. The number of ether oxygens (including phenoxy) is 1. The van der Waals surface area contributed by atoms with E-state index in [4.69, 9.17) is 4.74 Å². The first kappa shape index (κ1) is 20.4. The van der Waals surface area contributed by atoms with Crippen LogP contribution in [0.1, 0.15) is 25.3 Å². The lowest BCUT2D eigenvalue weighted by Crippen LogP contribution is -2.37. The third-order valence-electron chi connectivity index (χ3n) is 4.75. The summed E-state index contributed by atoms with van der Waals surface area (Å²) in [6.45, 7) is 3.17. The fraction of sp³-hybridized carbons (Fsp3) is 0.421. The summed E-state index contributed by atoms with van der Waals surface area (Å²) >= 11 is 0. The van der Waals surface area contributed by atoms with Gasteiger partial charge in [0.05, 0.1) is 17.4 Å². The number of benzene rings is 1. The highest BCUT2D eigenvalue weighted by molar-refractivity contribution is 5.74. The highest BCUT2D eigenvalue weighted by Crippen LogP contribution is 2.34. The third-order valence-corrected chi connectivity index (χ3v) is 4.75. The number of rotatable bonds is 7. The van der Waals surface area contributed by atoms with Crippen LogP contribution in [0.5, 0.6) is 0 Å². The SMILES string of the molecule is CCOC(=O)C1CCN(c2ncnc(NCc3cccc(F)c3)c2[N+](=O)[O-])CC1. The zero-order chi connectivity index (χ0) is 20.8. The summed E-state index contributed by atoms with van der Waals surface area (Å²) in [4.78, 5) is 33.0. The Labute approximate surface area is 167 Å². The number of carbonyl (C=O) groups is 1. The van der Waals surface area contributed by atoms with Crippen LogP contribution in [0.15, 0.2) is 30.6 Å². The summed E-state index contributed by atoms with van der Waals surface area (Å²) in [6, 6.07) is 5.96. The van der Waals surface area contributed by atoms with Crippen molar-refractivity contribution in [2.75, 3.05) is 29.9 Å². The Morgan fingerprint density at radius 1 is 1.38 bits per heavy atom. The number of piperidine rings is 1. The van der Waals surface area contributed by atoms with E-state index in [0.717, 1.165) is 0 Å². The van der Waals surface area contributed by atoms with Gasteiger partial charge in [-0.05, 0) is 37.5 Å². The maximum Gasteiger partial charge on any atom is 0.353 e. The fourth-order valence-corrected chi connectivity index (χ4v) is 3.32. The smallest absolute Gasteiger partial charge is 0.353 e. The number of hydrogen-bond acceptors (Lipinski definition) is 8. The summed E-state index contributed by atoms with van der Waals surface area (Å²) in [7, 11) is 0. The molecule has 1 fully saturated rings. The summed E-state index contributed by atoms with van der Waals surface area (Å²) in [6.07, 6.45) is 2.33. The molecule has 2 aromatic rings. The third kappa shape index (κ3) is 4.95. The quantitative estimate of drug-likeness (QED) is 0.427. The fourth-order valence-electron chi connectivity index (χ4n) is 3.32. The van der Waals surface area contributed by atoms with Gasteiger partial charge in [-0.3, -0.25) is 14.9 Å². The van der Waals surface area contributed by atoms with E-state index in [-0.39, 0.29) is 41.6 Å². The van der Waals surface area contributed by atoms with Gasteiger partial charge in [0, 0.05) is 19.6 Å². The summed E-state index contributed by atoms with van der Waals surface area (Å²) < 4.78 is 18.4. The van der Waals surface area contributed by atoms with E-state index in [2.05, 4.69) is 15.3 Å². The Bertz CT molecular complexity index is 887. The van der Waals surface area contributed by atoms with Crippen molar-refractivity contribution in [3.05, 3.63) is 52.1 Å². The minimum absolute atomic E-state index is 0.0665. The number of esters is 1. The molecule has 0 spiro atoms. The van der Waals surface area contributed by atoms with Gasteiger partial charge >= 0.3 is 11.7 Å². The van der Waals surface area contributed by atoms with Gasteiger partial charge in [0.15, 0.2) is 0 Å². The molecule has 9 nitrogen and oxygen atoms in total.